The van der Waals surface area contributed by atoms with Crippen LogP contribution in [0.4, 0.5) is 4.39 Å². The summed E-state index contributed by atoms with van der Waals surface area (Å²) in [6.45, 7) is 3.73. The van der Waals surface area contributed by atoms with Crippen LogP contribution in [0.25, 0.3) is 21.5 Å². The van der Waals surface area contributed by atoms with Crippen LogP contribution in [0, 0.1) is 11.7 Å². The maximum atomic E-state index is 13.8. The number of benzene rings is 1. The third-order valence-corrected chi connectivity index (χ3v) is 5.74. The fourth-order valence-electron chi connectivity index (χ4n) is 3.31. The lowest BCUT2D eigenvalue weighted by Crippen LogP contribution is -2.38. The highest BCUT2D eigenvalue weighted by molar-refractivity contribution is 7.13. The van der Waals surface area contributed by atoms with E-state index >= 15 is 0 Å². The quantitative estimate of drug-likeness (QED) is 0.651. The lowest BCUT2D eigenvalue weighted by molar-refractivity contribution is 0.0699. The van der Waals surface area contributed by atoms with Gasteiger partial charge in [-0.05, 0) is 54.5 Å². The van der Waals surface area contributed by atoms with Crippen molar-refractivity contribution in [2.24, 2.45) is 5.92 Å². The first-order valence-corrected chi connectivity index (χ1v) is 9.43. The zero-order valence-electron chi connectivity index (χ0n) is 14.0. The zero-order valence-corrected chi connectivity index (χ0v) is 14.9. The molecule has 4 rings (SSSR count). The first-order chi connectivity index (χ1) is 12.1. The monoisotopic (exact) mass is 354 g/mol. The standard InChI is InChI=1S/C20H19FN2OS/c1-13-6-8-23(9-7-13)20(24)16-12-18(19-3-2-10-25-19)22-17-5-4-14(21)11-15(16)17/h2-5,10-13H,6-9H2,1H3. The Morgan fingerprint density at radius 1 is 1.24 bits per heavy atom. The van der Waals surface area contributed by atoms with E-state index in [0.717, 1.165) is 36.5 Å². The van der Waals surface area contributed by atoms with Crippen LogP contribution in [0.3, 0.4) is 0 Å². The first kappa shape index (κ1) is 16.2. The molecule has 1 fully saturated rings. The molecular weight excluding hydrogens is 335 g/mol. The molecule has 0 bridgehead atoms. The molecule has 128 valence electrons. The third-order valence-electron chi connectivity index (χ3n) is 4.85. The molecule has 1 amide bonds. The highest BCUT2D eigenvalue weighted by atomic mass is 32.1. The number of hydrogen-bond donors (Lipinski definition) is 0. The molecule has 0 unspecified atom stereocenters. The predicted octanol–water partition coefficient (Wildman–Crippen LogP) is 4.97. The molecule has 0 atom stereocenters. The van der Waals surface area contributed by atoms with Gasteiger partial charge < -0.3 is 4.90 Å². The van der Waals surface area contributed by atoms with Crippen molar-refractivity contribution < 1.29 is 9.18 Å². The SMILES string of the molecule is CC1CCN(C(=O)c2cc(-c3cccs3)nc3ccc(F)cc23)CC1. The van der Waals surface area contributed by atoms with E-state index in [1.165, 1.54) is 12.1 Å². The summed E-state index contributed by atoms with van der Waals surface area (Å²) in [5, 5.41) is 2.57. The van der Waals surface area contributed by atoms with Crippen molar-refractivity contribution in [3.8, 4) is 10.6 Å². The van der Waals surface area contributed by atoms with E-state index in [2.05, 4.69) is 11.9 Å². The van der Waals surface area contributed by atoms with Gasteiger partial charge in [0, 0.05) is 18.5 Å². The normalized spacial score (nSPS) is 15.7. The summed E-state index contributed by atoms with van der Waals surface area (Å²) in [6, 6.07) is 10.2. The van der Waals surface area contributed by atoms with E-state index < -0.39 is 0 Å². The molecule has 0 aliphatic carbocycles. The lowest BCUT2D eigenvalue weighted by atomic mass is 9.98. The van der Waals surface area contributed by atoms with Gasteiger partial charge in [-0.25, -0.2) is 9.37 Å². The maximum absolute atomic E-state index is 13.8. The molecule has 1 aliphatic heterocycles. The number of rotatable bonds is 2. The van der Waals surface area contributed by atoms with Gasteiger partial charge in [-0.3, -0.25) is 4.79 Å². The molecule has 5 heteroatoms. The van der Waals surface area contributed by atoms with Crippen LogP contribution >= 0.6 is 11.3 Å². The number of likely N-dealkylation sites (tertiary alicyclic amines) is 1. The van der Waals surface area contributed by atoms with Crippen molar-refractivity contribution in [1.82, 2.24) is 9.88 Å². The average Bonchev–Trinajstić information content (AvgIpc) is 3.15. The van der Waals surface area contributed by atoms with E-state index in [1.807, 2.05) is 28.5 Å². The van der Waals surface area contributed by atoms with Gasteiger partial charge in [0.25, 0.3) is 5.91 Å². The Morgan fingerprint density at radius 3 is 2.76 bits per heavy atom. The van der Waals surface area contributed by atoms with Gasteiger partial charge in [0.2, 0.25) is 0 Å². The highest BCUT2D eigenvalue weighted by Gasteiger charge is 2.24. The molecular formula is C20H19FN2OS. The molecule has 1 aromatic carbocycles. The summed E-state index contributed by atoms with van der Waals surface area (Å²) in [5.74, 6) is 0.277. The summed E-state index contributed by atoms with van der Waals surface area (Å²) < 4.78 is 13.8. The molecule has 25 heavy (non-hydrogen) atoms. The van der Waals surface area contributed by atoms with Gasteiger partial charge in [-0.15, -0.1) is 11.3 Å². The van der Waals surface area contributed by atoms with Gasteiger partial charge in [-0.2, -0.15) is 0 Å². The Bertz CT molecular complexity index is 915. The van der Waals surface area contributed by atoms with E-state index in [4.69, 9.17) is 0 Å². The van der Waals surface area contributed by atoms with Gasteiger partial charge >= 0.3 is 0 Å². The summed E-state index contributed by atoms with van der Waals surface area (Å²) in [6.07, 6.45) is 2.03. The Kier molecular flexibility index (Phi) is 4.25. The van der Waals surface area contributed by atoms with Gasteiger partial charge in [0.1, 0.15) is 5.82 Å². The van der Waals surface area contributed by atoms with E-state index in [1.54, 1.807) is 17.4 Å². The molecule has 3 heterocycles. The first-order valence-electron chi connectivity index (χ1n) is 8.55. The fourth-order valence-corrected chi connectivity index (χ4v) is 3.99. The van der Waals surface area contributed by atoms with Crippen LogP contribution in [-0.2, 0) is 0 Å². The van der Waals surface area contributed by atoms with Crippen LogP contribution in [-0.4, -0.2) is 28.9 Å². The maximum Gasteiger partial charge on any atom is 0.254 e. The topological polar surface area (TPSA) is 33.2 Å². The molecule has 2 aromatic heterocycles. The summed E-state index contributed by atoms with van der Waals surface area (Å²) in [5.41, 5.74) is 1.96. The highest BCUT2D eigenvalue weighted by Crippen LogP contribution is 2.30. The number of aromatic nitrogens is 1. The van der Waals surface area contributed by atoms with Gasteiger partial charge in [0.05, 0.1) is 21.7 Å². The van der Waals surface area contributed by atoms with Crippen LogP contribution in [0.15, 0.2) is 41.8 Å². The number of nitrogens with zero attached hydrogens (tertiary/aromatic N) is 2. The number of hydrogen-bond acceptors (Lipinski definition) is 3. The second-order valence-corrected chi connectivity index (χ2v) is 7.62. The molecule has 0 saturated carbocycles. The largest absolute Gasteiger partial charge is 0.339 e. The van der Waals surface area contributed by atoms with Gasteiger partial charge in [-0.1, -0.05) is 13.0 Å². The number of halogens is 1. The fraction of sp³-hybridized carbons (Fsp3) is 0.300. The van der Waals surface area contributed by atoms with Crippen LogP contribution in [0.5, 0.6) is 0 Å². The minimum absolute atomic E-state index is 0.0253. The van der Waals surface area contributed by atoms with E-state index in [9.17, 15) is 9.18 Å². The minimum Gasteiger partial charge on any atom is -0.339 e. The van der Waals surface area contributed by atoms with Crippen molar-refractivity contribution >= 4 is 28.1 Å². The molecule has 3 aromatic rings. The van der Waals surface area contributed by atoms with E-state index in [0.29, 0.717) is 22.4 Å². The molecule has 3 nitrogen and oxygen atoms in total. The molecule has 0 radical (unpaired) electrons. The Hall–Kier alpha value is -2.27. The number of carbonyl (C=O) groups excluding carboxylic acids is 1. The molecule has 0 spiro atoms. The lowest BCUT2D eigenvalue weighted by Gasteiger charge is -2.30. The van der Waals surface area contributed by atoms with Crippen LogP contribution in [0.1, 0.15) is 30.1 Å². The number of carbonyl (C=O) groups is 1. The van der Waals surface area contributed by atoms with Crippen molar-refractivity contribution in [2.45, 2.75) is 19.8 Å². The number of thiophene rings is 1. The van der Waals surface area contributed by atoms with Crippen molar-refractivity contribution in [1.29, 1.82) is 0 Å². The van der Waals surface area contributed by atoms with Crippen LogP contribution < -0.4 is 0 Å². The third kappa shape index (κ3) is 3.16. The van der Waals surface area contributed by atoms with Crippen molar-refractivity contribution in [2.75, 3.05) is 13.1 Å². The second-order valence-electron chi connectivity index (χ2n) is 6.67. The summed E-state index contributed by atoms with van der Waals surface area (Å²) in [7, 11) is 0. The predicted molar refractivity (Wildman–Crippen MR) is 99.3 cm³/mol. The number of amides is 1. The Morgan fingerprint density at radius 2 is 2.04 bits per heavy atom. The summed E-state index contributed by atoms with van der Waals surface area (Å²) in [4.78, 5) is 20.7. The van der Waals surface area contributed by atoms with Crippen LogP contribution in [0.2, 0.25) is 0 Å². The van der Waals surface area contributed by atoms with Crippen molar-refractivity contribution in [3.63, 3.8) is 0 Å². The Balaban J connectivity index is 1.82. The smallest absolute Gasteiger partial charge is 0.254 e. The second kappa shape index (κ2) is 6.56. The minimum atomic E-state index is -0.348. The van der Waals surface area contributed by atoms with Crippen molar-refractivity contribution in [3.05, 3.63) is 53.2 Å². The number of pyridine rings is 1. The van der Waals surface area contributed by atoms with E-state index in [-0.39, 0.29) is 11.7 Å². The molecule has 0 N–H and O–H groups in total. The number of piperidine rings is 1. The van der Waals surface area contributed by atoms with Gasteiger partial charge in [0.15, 0.2) is 0 Å². The molecule has 1 aliphatic rings. The molecule has 1 saturated heterocycles. The number of fused-ring (bicyclic) bond motifs is 1. The zero-order chi connectivity index (χ0) is 17.4. The average molecular weight is 354 g/mol. The summed E-state index contributed by atoms with van der Waals surface area (Å²) >= 11 is 1.58. The Labute approximate surface area is 150 Å².